The molecule has 2 aromatic rings. The number of carbonyl (C=O) groups is 2. The maximum Gasteiger partial charge on any atom is 0.261 e. The zero-order valence-corrected chi connectivity index (χ0v) is 15.6. The molecule has 27 heavy (non-hydrogen) atoms. The van der Waals surface area contributed by atoms with Crippen LogP contribution in [0.4, 0.5) is 11.4 Å². The zero-order chi connectivity index (χ0) is 18.6. The van der Waals surface area contributed by atoms with E-state index in [1.165, 1.54) is 44.6 Å². The van der Waals surface area contributed by atoms with E-state index in [0.717, 1.165) is 29.8 Å². The van der Waals surface area contributed by atoms with Gasteiger partial charge in [-0.25, -0.2) is 0 Å². The number of benzene rings is 1. The monoisotopic (exact) mass is 366 g/mol. The Morgan fingerprint density at radius 2 is 2.00 bits per heavy atom. The summed E-state index contributed by atoms with van der Waals surface area (Å²) in [6, 6.07) is 7.49. The van der Waals surface area contributed by atoms with Crippen molar-refractivity contribution in [2.45, 2.75) is 51.4 Å². The normalized spacial score (nSPS) is 17.0. The topological polar surface area (TPSA) is 62.6 Å². The fourth-order valence-corrected chi connectivity index (χ4v) is 4.27. The Kier molecular flexibility index (Phi) is 5.28. The van der Waals surface area contributed by atoms with Crippen LogP contribution < -0.4 is 10.2 Å². The second-order valence-electron chi connectivity index (χ2n) is 7.65. The number of fused-ring (bicyclic) bond motifs is 1. The molecule has 0 saturated heterocycles. The van der Waals surface area contributed by atoms with Gasteiger partial charge in [0.1, 0.15) is 6.26 Å². The molecule has 0 atom stereocenters. The van der Waals surface area contributed by atoms with Crippen LogP contribution in [0.5, 0.6) is 0 Å². The maximum atomic E-state index is 12.6. The number of carbonyl (C=O) groups excluding carboxylic acids is 2. The summed E-state index contributed by atoms with van der Waals surface area (Å²) in [5, 5.41) is 3.03. The zero-order valence-electron chi connectivity index (χ0n) is 15.6. The highest BCUT2D eigenvalue weighted by atomic mass is 16.3. The first kappa shape index (κ1) is 17.8. The molecule has 142 valence electrons. The first-order valence-corrected chi connectivity index (χ1v) is 9.97. The molecule has 5 nitrogen and oxygen atoms in total. The number of rotatable bonds is 5. The van der Waals surface area contributed by atoms with Crippen molar-refractivity contribution >= 4 is 23.2 Å². The molecule has 0 radical (unpaired) electrons. The van der Waals surface area contributed by atoms with Crippen molar-refractivity contribution in [2.24, 2.45) is 5.92 Å². The lowest BCUT2D eigenvalue weighted by Crippen LogP contribution is -2.28. The highest BCUT2D eigenvalue weighted by Gasteiger charge is 2.26. The van der Waals surface area contributed by atoms with Crippen LogP contribution in [0.25, 0.3) is 0 Å². The van der Waals surface area contributed by atoms with Crippen LogP contribution in [-0.4, -0.2) is 18.4 Å². The van der Waals surface area contributed by atoms with Gasteiger partial charge in [0.15, 0.2) is 0 Å². The van der Waals surface area contributed by atoms with Gasteiger partial charge in [0.05, 0.1) is 11.8 Å². The van der Waals surface area contributed by atoms with Crippen LogP contribution in [-0.2, 0) is 11.2 Å². The summed E-state index contributed by atoms with van der Waals surface area (Å²) in [5.74, 6) is 0.753. The third-order valence-electron chi connectivity index (χ3n) is 5.78. The van der Waals surface area contributed by atoms with Gasteiger partial charge in [-0.05, 0) is 48.6 Å². The highest BCUT2D eigenvalue weighted by Crippen LogP contribution is 2.32. The molecule has 1 aliphatic carbocycles. The Morgan fingerprint density at radius 3 is 2.78 bits per heavy atom. The molecule has 0 unspecified atom stereocenters. The number of nitrogens with one attached hydrogen (secondary N) is 1. The minimum absolute atomic E-state index is 0.0493. The van der Waals surface area contributed by atoms with E-state index in [1.54, 1.807) is 11.0 Å². The number of hydrogen-bond acceptors (Lipinski definition) is 3. The average Bonchev–Trinajstić information content (AvgIpc) is 3.36. The van der Waals surface area contributed by atoms with Crippen LogP contribution in [0.3, 0.4) is 0 Å². The number of hydrogen-bond donors (Lipinski definition) is 1. The van der Waals surface area contributed by atoms with Gasteiger partial charge < -0.3 is 14.6 Å². The van der Waals surface area contributed by atoms with Gasteiger partial charge in [-0.1, -0.05) is 32.1 Å². The number of nitrogens with zero attached hydrogens (tertiary/aromatic N) is 1. The summed E-state index contributed by atoms with van der Waals surface area (Å²) in [7, 11) is 0. The number of amides is 2. The standard InChI is InChI=1S/C22H26N2O3/c25-21(9-6-16-4-2-1-3-5-16)23-19-7-8-20-17(14-19)10-12-24(20)22(26)18-11-13-27-15-18/h7-8,11,13-16H,1-6,9-10,12H2,(H,23,25). The second-order valence-corrected chi connectivity index (χ2v) is 7.65. The molecule has 1 saturated carbocycles. The maximum absolute atomic E-state index is 12.6. The molecule has 2 aliphatic rings. The van der Waals surface area contributed by atoms with E-state index in [4.69, 9.17) is 4.42 Å². The molecule has 1 aliphatic heterocycles. The molecule has 0 spiro atoms. The van der Waals surface area contributed by atoms with Crippen LogP contribution in [0.1, 0.15) is 60.9 Å². The highest BCUT2D eigenvalue weighted by molar-refractivity contribution is 6.07. The van der Waals surface area contributed by atoms with Gasteiger partial charge >= 0.3 is 0 Å². The van der Waals surface area contributed by atoms with Crippen LogP contribution in [0.2, 0.25) is 0 Å². The van der Waals surface area contributed by atoms with Gasteiger partial charge in [-0.15, -0.1) is 0 Å². The van der Waals surface area contributed by atoms with E-state index in [0.29, 0.717) is 24.4 Å². The largest absolute Gasteiger partial charge is 0.472 e. The number of anilines is 2. The van der Waals surface area contributed by atoms with Crippen molar-refractivity contribution in [2.75, 3.05) is 16.8 Å². The van der Waals surface area contributed by atoms with Crippen molar-refractivity contribution in [3.05, 3.63) is 47.9 Å². The van der Waals surface area contributed by atoms with E-state index in [9.17, 15) is 9.59 Å². The summed E-state index contributed by atoms with van der Waals surface area (Å²) in [6.45, 7) is 0.651. The molecule has 1 fully saturated rings. The van der Waals surface area contributed by atoms with E-state index >= 15 is 0 Å². The minimum atomic E-state index is -0.0493. The van der Waals surface area contributed by atoms with Gasteiger partial charge in [-0.2, -0.15) is 0 Å². The lowest BCUT2D eigenvalue weighted by molar-refractivity contribution is -0.116. The van der Waals surface area contributed by atoms with E-state index < -0.39 is 0 Å². The van der Waals surface area contributed by atoms with Crippen molar-refractivity contribution in [3.8, 4) is 0 Å². The van der Waals surface area contributed by atoms with Crippen molar-refractivity contribution in [1.29, 1.82) is 0 Å². The quantitative estimate of drug-likeness (QED) is 0.828. The molecule has 4 rings (SSSR count). The first-order valence-electron chi connectivity index (χ1n) is 9.97. The third kappa shape index (κ3) is 4.07. The average molecular weight is 366 g/mol. The molecule has 1 aromatic carbocycles. The van der Waals surface area contributed by atoms with Crippen LogP contribution >= 0.6 is 0 Å². The van der Waals surface area contributed by atoms with E-state index in [2.05, 4.69) is 5.32 Å². The summed E-state index contributed by atoms with van der Waals surface area (Å²) >= 11 is 0. The Morgan fingerprint density at radius 1 is 1.15 bits per heavy atom. The molecule has 1 N–H and O–H groups in total. The summed E-state index contributed by atoms with van der Waals surface area (Å²) < 4.78 is 5.02. The predicted molar refractivity (Wildman–Crippen MR) is 105 cm³/mol. The molecular formula is C22H26N2O3. The molecule has 0 bridgehead atoms. The van der Waals surface area contributed by atoms with Gasteiger partial charge in [0.2, 0.25) is 5.91 Å². The van der Waals surface area contributed by atoms with Crippen molar-refractivity contribution in [3.63, 3.8) is 0 Å². The van der Waals surface area contributed by atoms with E-state index in [-0.39, 0.29) is 11.8 Å². The molecular weight excluding hydrogens is 340 g/mol. The fourth-order valence-electron chi connectivity index (χ4n) is 4.27. The molecule has 2 amide bonds. The molecule has 1 aromatic heterocycles. The predicted octanol–water partition coefficient (Wildman–Crippen LogP) is 4.78. The first-order chi connectivity index (χ1) is 13.2. The van der Waals surface area contributed by atoms with E-state index in [1.807, 2.05) is 18.2 Å². The smallest absolute Gasteiger partial charge is 0.261 e. The van der Waals surface area contributed by atoms with Gasteiger partial charge in [-0.3, -0.25) is 9.59 Å². The summed E-state index contributed by atoms with van der Waals surface area (Å²) in [4.78, 5) is 26.6. The van der Waals surface area contributed by atoms with Crippen molar-refractivity contribution in [1.82, 2.24) is 0 Å². The third-order valence-corrected chi connectivity index (χ3v) is 5.78. The Bertz CT molecular complexity index is 807. The SMILES string of the molecule is O=C(CCC1CCCCC1)Nc1ccc2c(c1)CCN2C(=O)c1ccoc1. The van der Waals surface area contributed by atoms with Crippen molar-refractivity contribution < 1.29 is 14.0 Å². The fraction of sp³-hybridized carbons (Fsp3) is 0.455. The number of furan rings is 1. The van der Waals surface area contributed by atoms with Crippen LogP contribution in [0.15, 0.2) is 41.2 Å². The second kappa shape index (κ2) is 7.99. The summed E-state index contributed by atoms with van der Waals surface area (Å²) in [5.41, 5.74) is 3.39. The molecule has 5 heteroatoms. The van der Waals surface area contributed by atoms with Crippen LogP contribution in [0, 0.1) is 5.92 Å². The van der Waals surface area contributed by atoms with Gasteiger partial charge in [0, 0.05) is 24.3 Å². The minimum Gasteiger partial charge on any atom is -0.472 e. The Balaban J connectivity index is 1.36. The lowest BCUT2D eigenvalue weighted by atomic mass is 9.86. The lowest BCUT2D eigenvalue weighted by Gasteiger charge is -2.21. The Hall–Kier alpha value is -2.56. The summed E-state index contributed by atoms with van der Waals surface area (Å²) in [6.07, 6.45) is 11.9. The Labute approximate surface area is 159 Å². The molecule has 2 heterocycles. The van der Waals surface area contributed by atoms with Gasteiger partial charge in [0.25, 0.3) is 5.91 Å².